The molecule has 4 nitrogen and oxygen atoms in total. The number of nitrogens with zero attached hydrogens (tertiary/aromatic N) is 2. The van der Waals surface area contributed by atoms with Crippen LogP contribution in [0.4, 0.5) is 5.69 Å². The molecule has 22 heavy (non-hydrogen) atoms. The minimum absolute atomic E-state index is 0.145. The number of benzene rings is 1. The minimum Gasteiger partial charge on any atom is -0.497 e. The van der Waals surface area contributed by atoms with Gasteiger partial charge in [-0.2, -0.15) is 0 Å². The Morgan fingerprint density at radius 2 is 2.00 bits per heavy atom. The zero-order valence-electron chi connectivity index (χ0n) is 14.0. The van der Waals surface area contributed by atoms with Crippen molar-refractivity contribution in [3.05, 3.63) is 24.3 Å². The smallest absolute Gasteiger partial charge is 0.119 e. The van der Waals surface area contributed by atoms with Crippen LogP contribution >= 0.6 is 0 Å². The highest BCUT2D eigenvalue weighted by atomic mass is 16.5. The molecular formula is C18H28N2O2. The molecule has 0 amide bonds. The average Bonchev–Trinajstić information content (AvgIpc) is 3.00. The summed E-state index contributed by atoms with van der Waals surface area (Å²) in [7, 11) is 1.71. The van der Waals surface area contributed by atoms with E-state index in [0.717, 1.165) is 44.5 Å². The monoisotopic (exact) mass is 304 g/mol. The van der Waals surface area contributed by atoms with Crippen LogP contribution in [-0.4, -0.2) is 56.9 Å². The second kappa shape index (κ2) is 6.47. The molecule has 2 aliphatic heterocycles. The molecule has 3 rings (SSSR count). The molecule has 0 N–H and O–H groups in total. The predicted octanol–water partition coefficient (Wildman–Crippen LogP) is 2.63. The largest absolute Gasteiger partial charge is 0.497 e. The zero-order valence-corrected chi connectivity index (χ0v) is 14.0. The summed E-state index contributed by atoms with van der Waals surface area (Å²) in [5, 5.41) is 0. The lowest BCUT2D eigenvalue weighted by Crippen LogP contribution is -2.60. The molecule has 0 saturated carbocycles. The highest BCUT2D eigenvalue weighted by Crippen LogP contribution is 2.30. The van der Waals surface area contributed by atoms with Gasteiger partial charge in [-0.3, -0.25) is 4.90 Å². The number of methoxy groups -OCH3 is 1. The van der Waals surface area contributed by atoms with Crippen molar-refractivity contribution in [2.45, 2.75) is 25.8 Å². The summed E-state index contributed by atoms with van der Waals surface area (Å²) in [6, 6.07) is 8.43. The fourth-order valence-electron chi connectivity index (χ4n) is 3.74. The van der Waals surface area contributed by atoms with Crippen molar-refractivity contribution in [3.8, 4) is 5.75 Å². The predicted molar refractivity (Wildman–Crippen MR) is 89.8 cm³/mol. The highest BCUT2D eigenvalue weighted by Gasteiger charge is 2.34. The molecule has 0 aromatic heterocycles. The molecule has 0 radical (unpaired) electrons. The highest BCUT2D eigenvalue weighted by molar-refractivity contribution is 5.51. The third-order valence-electron chi connectivity index (χ3n) is 4.91. The second-order valence-corrected chi connectivity index (χ2v) is 7.13. The van der Waals surface area contributed by atoms with Crippen molar-refractivity contribution in [1.82, 2.24) is 4.90 Å². The lowest BCUT2D eigenvalue weighted by molar-refractivity contribution is 0.140. The maximum atomic E-state index is 5.51. The van der Waals surface area contributed by atoms with Gasteiger partial charge in [0.1, 0.15) is 5.75 Å². The summed E-state index contributed by atoms with van der Waals surface area (Å²) in [5.74, 6) is 1.64. The van der Waals surface area contributed by atoms with Gasteiger partial charge in [-0.1, -0.05) is 0 Å². The zero-order chi connectivity index (χ0) is 15.6. The molecule has 0 spiro atoms. The van der Waals surface area contributed by atoms with Crippen LogP contribution in [0.2, 0.25) is 0 Å². The van der Waals surface area contributed by atoms with Crippen LogP contribution in [-0.2, 0) is 4.74 Å². The first-order valence-corrected chi connectivity index (χ1v) is 8.30. The van der Waals surface area contributed by atoms with Crippen LogP contribution in [0.25, 0.3) is 0 Å². The van der Waals surface area contributed by atoms with Gasteiger partial charge in [0.2, 0.25) is 0 Å². The van der Waals surface area contributed by atoms with E-state index in [1.165, 1.54) is 18.7 Å². The number of anilines is 1. The lowest BCUT2D eigenvalue weighted by atomic mass is 9.96. The van der Waals surface area contributed by atoms with E-state index in [4.69, 9.17) is 9.47 Å². The minimum atomic E-state index is 0.145. The molecular weight excluding hydrogens is 276 g/mol. The van der Waals surface area contributed by atoms with Crippen LogP contribution in [0.3, 0.4) is 0 Å². The van der Waals surface area contributed by atoms with Gasteiger partial charge in [-0.05, 0) is 50.5 Å². The van der Waals surface area contributed by atoms with Crippen molar-refractivity contribution in [1.29, 1.82) is 0 Å². The van der Waals surface area contributed by atoms with Gasteiger partial charge in [0.15, 0.2) is 0 Å². The summed E-state index contributed by atoms with van der Waals surface area (Å²) in [5.41, 5.74) is 1.43. The number of hydrogen-bond acceptors (Lipinski definition) is 4. The standard InChI is InChI=1S/C18H28N2O2/c1-18(2)14-19(12-15-8-11-22-13-15)9-10-20(18)16-4-6-17(21-3)7-5-16/h4-7,15H,8-14H2,1-3H3. The topological polar surface area (TPSA) is 24.9 Å². The van der Waals surface area contributed by atoms with Gasteiger partial charge in [0, 0.05) is 44.0 Å². The molecule has 1 unspecified atom stereocenters. The Kier molecular flexibility index (Phi) is 4.59. The first-order valence-electron chi connectivity index (χ1n) is 8.30. The van der Waals surface area contributed by atoms with Gasteiger partial charge in [0.05, 0.1) is 13.7 Å². The summed E-state index contributed by atoms with van der Waals surface area (Å²) in [6.45, 7) is 11.1. The molecule has 1 aromatic carbocycles. The summed E-state index contributed by atoms with van der Waals surface area (Å²) >= 11 is 0. The number of piperazine rings is 1. The maximum absolute atomic E-state index is 5.51. The van der Waals surface area contributed by atoms with E-state index in [0.29, 0.717) is 0 Å². The van der Waals surface area contributed by atoms with Gasteiger partial charge >= 0.3 is 0 Å². The Balaban J connectivity index is 1.64. The molecule has 0 bridgehead atoms. The lowest BCUT2D eigenvalue weighted by Gasteiger charge is -2.49. The van der Waals surface area contributed by atoms with Crippen LogP contribution in [0.15, 0.2) is 24.3 Å². The quantitative estimate of drug-likeness (QED) is 0.854. The Morgan fingerprint density at radius 3 is 2.59 bits per heavy atom. The fourth-order valence-corrected chi connectivity index (χ4v) is 3.74. The molecule has 2 aliphatic rings. The Morgan fingerprint density at radius 1 is 1.23 bits per heavy atom. The first kappa shape index (κ1) is 15.6. The molecule has 1 aromatic rings. The maximum Gasteiger partial charge on any atom is 0.119 e. The van der Waals surface area contributed by atoms with Crippen LogP contribution in [0, 0.1) is 5.92 Å². The molecule has 2 fully saturated rings. The van der Waals surface area contributed by atoms with E-state index in [1.807, 2.05) is 12.1 Å². The van der Waals surface area contributed by atoms with Gasteiger partial charge < -0.3 is 14.4 Å². The first-order chi connectivity index (χ1) is 10.6. The molecule has 122 valence electrons. The van der Waals surface area contributed by atoms with E-state index in [1.54, 1.807) is 7.11 Å². The average molecular weight is 304 g/mol. The number of ether oxygens (including phenoxy) is 2. The van der Waals surface area contributed by atoms with E-state index in [-0.39, 0.29) is 5.54 Å². The molecule has 2 saturated heterocycles. The third kappa shape index (κ3) is 3.39. The van der Waals surface area contributed by atoms with E-state index >= 15 is 0 Å². The second-order valence-electron chi connectivity index (χ2n) is 7.13. The molecule has 4 heteroatoms. The van der Waals surface area contributed by atoms with Crippen molar-refractivity contribution in [2.75, 3.05) is 51.4 Å². The van der Waals surface area contributed by atoms with Crippen molar-refractivity contribution < 1.29 is 9.47 Å². The molecule has 2 heterocycles. The van der Waals surface area contributed by atoms with Gasteiger partial charge in [-0.25, -0.2) is 0 Å². The van der Waals surface area contributed by atoms with Gasteiger partial charge in [0.25, 0.3) is 0 Å². The van der Waals surface area contributed by atoms with E-state index in [2.05, 4.69) is 35.8 Å². The normalized spacial score (nSPS) is 25.4. The van der Waals surface area contributed by atoms with E-state index in [9.17, 15) is 0 Å². The van der Waals surface area contributed by atoms with Crippen LogP contribution < -0.4 is 9.64 Å². The van der Waals surface area contributed by atoms with E-state index < -0.39 is 0 Å². The van der Waals surface area contributed by atoms with Crippen molar-refractivity contribution in [3.63, 3.8) is 0 Å². The number of hydrogen-bond donors (Lipinski definition) is 0. The Bertz CT molecular complexity index is 480. The van der Waals surface area contributed by atoms with Crippen LogP contribution in [0.1, 0.15) is 20.3 Å². The number of rotatable bonds is 4. The van der Waals surface area contributed by atoms with Crippen molar-refractivity contribution in [2.24, 2.45) is 5.92 Å². The Hall–Kier alpha value is -1.26. The summed E-state index contributed by atoms with van der Waals surface area (Å²) in [6.07, 6.45) is 1.22. The molecule has 0 aliphatic carbocycles. The summed E-state index contributed by atoms with van der Waals surface area (Å²) in [4.78, 5) is 5.13. The Labute approximate surface area is 134 Å². The molecule has 1 atom stereocenters. The van der Waals surface area contributed by atoms with Gasteiger partial charge in [-0.15, -0.1) is 0 Å². The fraction of sp³-hybridized carbons (Fsp3) is 0.667. The van der Waals surface area contributed by atoms with Crippen molar-refractivity contribution >= 4 is 5.69 Å². The summed E-state index contributed by atoms with van der Waals surface area (Å²) < 4.78 is 10.8. The third-order valence-corrected chi connectivity index (χ3v) is 4.91. The van der Waals surface area contributed by atoms with Crippen LogP contribution in [0.5, 0.6) is 5.75 Å². The SMILES string of the molecule is COc1ccc(N2CCN(CC3CCOC3)CC2(C)C)cc1.